The Labute approximate surface area is 117 Å². The van der Waals surface area contributed by atoms with Gasteiger partial charge in [0.2, 0.25) is 0 Å². The lowest BCUT2D eigenvalue weighted by atomic mass is 10.3. The number of hydrogen-bond acceptors (Lipinski definition) is 3. The number of imidazole rings is 1. The first-order valence-corrected chi connectivity index (χ1v) is 7.18. The summed E-state index contributed by atoms with van der Waals surface area (Å²) in [5.41, 5.74) is 9.06. The summed E-state index contributed by atoms with van der Waals surface area (Å²) in [6.45, 7) is 4.11. The lowest BCUT2D eigenvalue weighted by Crippen LogP contribution is -1.98. The molecule has 0 aliphatic rings. The van der Waals surface area contributed by atoms with Crippen molar-refractivity contribution in [1.29, 1.82) is 0 Å². The summed E-state index contributed by atoms with van der Waals surface area (Å²) in [7, 11) is 0. The average molecular weight is 322 g/mol. The number of aromatic nitrogens is 2. The standard InChI is InChI=1S/C13H12BrN3S/c1-7-3-5-10(18-7)12-13(15)17-8(2)9(14)4-6-11(17)16-12/h3-6H,15H2,1-2H3. The van der Waals surface area contributed by atoms with Crippen molar-refractivity contribution in [3.05, 3.63) is 39.3 Å². The highest BCUT2D eigenvalue weighted by Crippen LogP contribution is 2.33. The Kier molecular flexibility index (Phi) is 2.68. The average Bonchev–Trinajstić information content (AvgIpc) is 2.89. The van der Waals surface area contributed by atoms with Crippen LogP contribution in [0.3, 0.4) is 0 Å². The van der Waals surface area contributed by atoms with Gasteiger partial charge in [0.1, 0.15) is 17.2 Å². The molecule has 3 rings (SSSR count). The number of anilines is 1. The van der Waals surface area contributed by atoms with E-state index in [2.05, 4.69) is 40.0 Å². The number of fused-ring (bicyclic) bond motifs is 1. The molecule has 0 fully saturated rings. The Morgan fingerprint density at radius 1 is 1.22 bits per heavy atom. The minimum absolute atomic E-state index is 0.700. The summed E-state index contributed by atoms with van der Waals surface area (Å²) in [5.74, 6) is 0.700. The van der Waals surface area contributed by atoms with Crippen LogP contribution in [0.15, 0.2) is 28.7 Å². The van der Waals surface area contributed by atoms with Gasteiger partial charge in [0.15, 0.2) is 0 Å². The largest absolute Gasteiger partial charge is 0.383 e. The van der Waals surface area contributed by atoms with Crippen molar-refractivity contribution in [2.75, 3.05) is 5.73 Å². The van der Waals surface area contributed by atoms with Gasteiger partial charge in [-0.05, 0) is 54.0 Å². The molecule has 92 valence electrons. The zero-order chi connectivity index (χ0) is 12.9. The molecular formula is C13H12BrN3S. The van der Waals surface area contributed by atoms with E-state index in [1.165, 1.54) is 4.88 Å². The van der Waals surface area contributed by atoms with Crippen LogP contribution < -0.4 is 5.73 Å². The van der Waals surface area contributed by atoms with E-state index in [9.17, 15) is 0 Å². The number of aryl methyl sites for hydroxylation is 2. The molecule has 0 radical (unpaired) electrons. The Morgan fingerprint density at radius 2 is 2.00 bits per heavy atom. The van der Waals surface area contributed by atoms with E-state index in [-0.39, 0.29) is 0 Å². The minimum Gasteiger partial charge on any atom is -0.383 e. The molecule has 5 heteroatoms. The normalized spacial score (nSPS) is 11.3. The fraction of sp³-hybridized carbons (Fsp3) is 0.154. The quantitative estimate of drug-likeness (QED) is 0.735. The summed E-state index contributed by atoms with van der Waals surface area (Å²) < 4.78 is 3.02. The second-order valence-electron chi connectivity index (χ2n) is 4.22. The van der Waals surface area contributed by atoms with Gasteiger partial charge < -0.3 is 5.73 Å². The molecule has 0 unspecified atom stereocenters. The molecule has 0 aliphatic heterocycles. The summed E-state index contributed by atoms with van der Waals surface area (Å²) in [6, 6.07) is 8.13. The fourth-order valence-electron chi connectivity index (χ4n) is 2.03. The Hall–Kier alpha value is -1.33. The molecule has 3 aromatic rings. The maximum Gasteiger partial charge on any atom is 0.139 e. The van der Waals surface area contributed by atoms with E-state index < -0.39 is 0 Å². The number of nitrogen functional groups attached to an aromatic ring is 1. The van der Waals surface area contributed by atoms with Gasteiger partial charge in [0.25, 0.3) is 0 Å². The summed E-state index contributed by atoms with van der Waals surface area (Å²) in [4.78, 5) is 7.00. The van der Waals surface area contributed by atoms with Crippen molar-refractivity contribution in [1.82, 2.24) is 9.38 Å². The number of nitrogens with two attached hydrogens (primary N) is 1. The molecular weight excluding hydrogens is 310 g/mol. The topological polar surface area (TPSA) is 43.3 Å². The summed E-state index contributed by atoms with van der Waals surface area (Å²) in [6.07, 6.45) is 0. The second-order valence-corrected chi connectivity index (χ2v) is 6.36. The van der Waals surface area contributed by atoms with E-state index >= 15 is 0 Å². The summed E-state index contributed by atoms with van der Waals surface area (Å²) >= 11 is 5.23. The molecule has 0 atom stereocenters. The van der Waals surface area contributed by atoms with Gasteiger partial charge in [-0.2, -0.15) is 0 Å². The molecule has 3 nitrogen and oxygen atoms in total. The van der Waals surface area contributed by atoms with Crippen molar-refractivity contribution >= 4 is 38.7 Å². The molecule has 0 aliphatic carbocycles. The predicted octanol–water partition coefficient (Wildman–Crippen LogP) is 4.02. The van der Waals surface area contributed by atoms with Crippen LogP contribution in [0.4, 0.5) is 5.82 Å². The fourth-order valence-corrected chi connectivity index (χ4v) is 3.21. The molecule has 3 aromatic heterocycles. The lowest BCUT2D eigenvalue weighted by molar-refractivity contribution is 1.09. The summed E-state index contributed by atoms with van der Waals surface area (Å²) in [5, 5.41) is 0. The minimum atomic E-state index is 0.700. The molecule has 3 heterocycles. The Balaban J connectivity index is 2.33. The van der Waals surface area contributed by atoms with E-state index in [4.69, 9.17) is 5.73 Å². The number of hydrogen-bond donors (Lipinski definition) is 1. The van der Waals surface area contributed by atoms with Crippen LogP contribution >= 0.6 is 27.3 Å². The van der Waals surface area contributed by atoms with Crippen molar-refractivity contribution < 1.29 is 0 Å². The van der Waals surface area contributed by atoms with Crippen LogP contribution in [0.25, 0.3) is 16.2 Å². The van der Waals surface area contributed by atoms with Crippen LogP contribution in [0, 0.1) is 13.8 Å². The highest BCUT2D eigenvalue weighted by Gasteiger charge is 2.14. The third-order valence-electron chi connectivity index (χ3n) is 2.97. The number of halogens is 1. The smallest absolute Gasteiger partial charge is 0.139 e. The third kappa shape index (κ3) is 1.66. The molecule has 0 spiro atoms. The van der Waals surface area contributed by atoms with Gasteiger partial charge in [-0.15, -0.1) is 11.3 Å². The second kappa shape index (κ2) is 4.10. The monoisotopic (exact) mass is 321 g/mol. The maximum atomic E-state index is 6.24. The SMILES string of the molecule is Cc1ccc(-c2nc3ccc(Br)c(C)n3c2N)s1. The first-order valence-electron chi connectivity index (χ1n) is 5.58. The molecule has 0 aromatic carbocycles. The highest BCUT2D eigenvalue weighted by molar-refractivity contribution is 9.10. The first kappa shape index (κ1) is 11.7. The van der Waals surface area contributed by atoms with Gasteiger partial charge in [0.05, 0.1) is 4.88 Å². The van der Waals surface area contributed by atoms with Crippen LogP contribution in [0.5, 0.6) is 0 Å². The maximum absolute atomic E-state index is 6.24. The van der Waals surface area contributed by atoms with Gasteiger partial charge in [-0.25, -0.2) is 4.98 Å². The third-order valence-corrected chi connectivity index (χ3v) is 4.82. The Bertz CT molecular complexity index is 742. The van der Waals surface area contributed by atoms with Crippen molar-refractivity contribution in [3.8, 4) is 10.6 Å². The molecule has 0 saturated carbocycles. The molecule has 0 saturated heterocycles. The molecule has 18 heavy (non-hydrogen) atoms. The number of thiophene rings is 1. The Morgan fingerprint density at radius 3 is 2.67 bits per heavy atom. The van der Waals surface area contributed by atoms with Gasteiger partial charge in [0, 0.05) is 15.0 Å². The van der Waals surface area contributed by atoms with Gasteiger partial charge in [-0.3, -0.25) is 4.40 Å². The highest BCUT2D eigenvalue weighted by atomic mass is 79.9. The number of pyridine rings is 1. The van der Waals surface area contributed by atoms with Crippen molar-refractivity contribution in [2.45, 2.75) is 13.8 Å². The van der Waals surface area contributed by atoms with Crippen LogP contribution in [0.2, 0.25) is 0 Å². The number of nitrogens with zero attached hydrogens (tertiary/aromatic N) is 2. The van der Waals surface area contributed by atoms with E-state index in [0.29, 0.717) is 5.82 Å². The number of rotatable bonds is 1. The molecule has 0 bridgehead atoms. The molecule has 2 N–H and O–H groups in total. The predicted molar refractivity (Wildman–Crippen MR) is 80.1 cm³/mol. The van der Waals surface area contributed by atoms with Crippen LogP contribution in [0.1, 0.15) is 10.6 Å². The van der Waals surface area contributed by atoms with E-state index in [0.717, 1.165) is 26.4 Å². The van der Waals surface area contributed by atoms with Crippen molar-refractivity contribution in [2.24, 2.45) is 0 Å². The molecule has 0 amide bonds. The van der Waals surface area contributed by atoms with Gasteiger partial charge in [-0.1, -0.05) is 0 Å². The van der Waals surface area contributed by atoms with Gasteiger partial charge >= 0.3 is 0 Å². The zero-order valence-electron chi connectivity index (χ0n) is 10.1. The van der Waals surface area contributed by atoms with E-state index in [1.807, 2.05) is 23.5 Å². The lowest BCUT2D eigenvalue weighted by Gasteiger charge is -2.03. The van der Waals surface area contributed by atoms with Crippen LogP contribution in [-0.4, -0.2) is 9.38 Å². The van der Waals surface area contributed by atoms with Crippen LogP contribution in [-0.2, 0) is 0 Å². The van der Waals surface area contributed by atoms with E-state index in [1.54, 1.807) is 11.3 Å². The van der Waals surface area contributed by atoms with Crippen molar-refractivity contribution in [3.63, 3.8) is 0 Å². The zero-order valence-corrected chi connectivity index (χ0v) is 12.5. The first-order chi connectivity index (χ1) is 8.58.